The van der Waals surface area contributed by atoms with E-state index in [1.807, 2.05) is 18.2 Å². The maximum absolute atomic E-state index is 13.7. The number of nitrogens with one attached hydrogen (secondary N) is 1. The highest BCUT2D eigenvalue weighted by Crippen LogP contribution is 2.48. The van der Waals surface area contributed by atoms with Gasteiger partial charge in [0.25, 0.3) is 0 Å². The summed E-state index contributed by atoms with van der Waals surface area (Å²) < 4.78 is 26.9. The van der Waals surface area contributed by atoms with Crippen molar-refractivity contribution in [2.45, 2.75) is 49.4 Å². The molecule has 0 heterocycles. The Hall–Kier alpha value is -2.23. The van der Waals surface area contributed by atoms with E-state index in [9.17, 15) is 13.6 Å². The quantitative estimate of drug-likeness (QED) is 0.833. The summed E-state index contributed by atoms with van der Waals surface area (Å²) in [6.45, 7) is 0.550. The smallest absolute Gasteiger partial charge is 0.230 e. The maximum Gasteiger partial charge on any atom is 0.230 e. The van der Waals surface area contributed by atoms with Gasteiger partial charge >= 0.3 is 0 Å². The first-order valence-corrected chi connectivity index (χ1v) is 9.35. The van der Waals surface area contributed by atoms with Gasteiger partial charge in [0.15, 0.2) is 0 Å². The van der Waals surface area contributed by atoms with E-state index in [1.54, 1.807) is 6.07 Å². The Kier molecular flexibility index (Phi) is 4.29. The van der Waals surface area contributed by atoms with E-state index in [0.717, 1.165) is 49.7 Å². The molecule has 2 saturated carbocycles. The summed E-state index contributed by atoms with van der Waals surface area (Å²) in [5, 5.41) is 3.14. The molecule has 0 atom stereocenters. The molecule has 2 aromatic rings. The van der Waals surface area contributed by atoms with Gasteiger partial charge < -0.3 is 5.32 Å². The number of benzene rings is 2. The monoisotopic (exact) mass is 355 g/mol. The summed E-state index contributed by atoms with van der Waals surface area (Å²) in [6, 6.07) is 13.0. The van der Waals surface area contributed by atoms with Crippen LogP contribution >= 0.6 is 0 Å². The van der Waals surface area contributed by atoms with Crippen LogP contribution in [0.2, 0.25) is 0 Å². The van der Waals surface area contributed by atoms with Crippen LogP contribution in [0.1, 0.15) is 49.7 Å². The molecule has 0 aromatic heterocycles. The van der Waals surface area contributed by atoms with Gasteiger partial charge in [0, 0.05) is 12.0 Å². The molecule has 2 aliphatic rings. The molecule has 2 aliphatic carbocycles. The van der Waals surface area contributed by atoms with Crippen molar-refractivity contribution in [3.8, 4) is 0 Å². The van der Waals surface area contributed by atoms with Crippen molar-refractivity contribution in [2.24, 2.45) is 0 Å². The molecule has 0 spiro atoms. The van der Waals surface area contributed by atoms with E-state index >= 15 is 0 Å². The number of halogens is 2. The minimum Gasteiger partial charge on any atom is -0.354 e. The molecule has 2 nitrogen and oxygen atoms in total. The van der Waals surface area contributed by atoms with Gasteiger partial charge in [0.2, 0.25) is 5.91 Å². The Morgan fingerprint density at radius 1 is 0.885 bits per heavy atom. The summed E-state index contributed by atoms with van der Waals surface area (Å²) in [5.41, 5.74) is 1.15. The van der Waals surface area contributed by atoms with Gasteiger partial charge in [0.05, 0.1) is 5.41 Å². The average Bonchev–Trinajstić information content (AvgIpc) is 3.26. The number of carbonyl (C=O) groups is 1. The highest BCUT2D eigenvalue weighted by molar-refractivity contribution is 5.88. The fourth-order valence-electron chi connectivity index (χ4n) is 4.35. The lowest BCUT2D eigenvalue weighted by Gasteiger charge is -2.29. The first-order valence-electron chi connectivity index (χ1n) is 9.35. The third-order valence-electron chi connectivity index (χ3n) is 6.17. The van der Waals surface area contributed by atoms with Crippen molar-refractivity contribution >= 4 is 5.91 Å². The zero-order valence-corrected chi connectivity index (χ0v) is 14.7. The van der Waals surface area contributed by atoms with E-state index in [4.69, 9.17) is 0 Å². The van der Waals surface area contributed by atoms with Gasteiger partial charge in [-0.25, -0.2) is 8.78 Å². The normalized spacial score (nSPS) is 19.9. The van der Waals surface area contributed by atoms with E-state index in [0.29, 0.717) is 6.54 Å². The van der Waals surface area contributed by atoms with Gasteiger partial charge in [0.1, 0.15) is 11.6 Å². The van der Waals surface area contributed by atoms with Gasteiger partial charge in [-0.05, 0) is 61.1 Å². The molecule has 4 heteroatoms. The predicted octanol–water partition coefficient (Wildman–Crippen LogP) is 4.62. The Morgan fingerprint density at radius 2 is 1.58 bits per heavy atom. The van der Waals surface area contributed by atoms with E-state index in [2.05, 4.69) is 5.32 Å². The molecule has 136 valence electrons. The summed E-state index contributed by atoms with van der Waals surface area (Å²) in [5.74, 6) is -0.551. The molecule has 0 radical (unpaired) electrons. The first-order chi connectivity index (χ1) is 12.5. The molecule has 4 rings (SSSR count). The second-order valence-electron chi connectivity index (χ2n) is 7.77. The Balaban J connectivity index is 1.52. The van der Waals surface area contributed by atoms with Gasteiger partial charge in [-0.1, -0.05) is 37.1 Å². The van der Waals surface area contributed by atoms with E-state index in [1.165, 1.54) is 24.3 Å². The molecule has 0 bridgehead atoms. The molecule has 0 saturated heterocycles. The minimum absolute atomic E-state index is 0.00557. The third-order valence-corrected chi connectivity index (χ3v) is 6.17. The van der Waals surface area contributed by atoms with E-state index < -0.39 is 5.41 Å². The van der Waals surface area contributed by atoms with Crippen LogP contribution in [0.25, 0.3) is 0 Å². The Labute approximate surface area is 152 Å². The fraction of sp³-hybridized carbons (Fsp3) is 0.409. The summed E-state index contributed by atoms with van der Waals surface area (Å²) in [7, 11) is 0. The second kappa shape index (κ2) is 6.49. The molecule has 1 amide bonds. The van der Waals surface area contributed by atoms with Crippen LogP contribution < -0.4 is 5.32 Å². The summed E-state index contributed by atoms with van der Waals surface area (Å²) in [4.78, 5) is 13.1. The maximum atomic E-state index is 13.7. The highest BCUT2D eigenvalue weighted by Gasteiger charge is 2.47. The van der Waals surface area contributed by atoms with Crippen molar-refractivity contribution < 1.29 is 13.6 Å². The van der Waals surface area contributed by atoms with Gasteiger partial charge in [-0.15, -0.1) is 0 Å². The standard InChI is InChI=1S/C22H23F2NO/c23-18-8-6-16(7-9-18)21(12-13-21)15-25-20(26)22(10-1-2-11-22)17-4-3-5-19(24)14-17/h3-9,14H,1-2,10-13,15H2,(H,25,26). The molecular formula is C22H23F2NO. The molecule has 2 aromatic carbocycles. The lowest BCUT2D eigenvalue weighted by molar-refractivity contribution is -0.126. The largest absolute Gasteiger partial charge is 0.354 e. The zero-order valence-electron chi connectivity index (χ0n) is 14.7. The molecule has 1 N–H and O–H groups in total. The SMILES string of the molecule is O=C(NCC1(c2ccc(F)cc2)CC1)C1(c2cccc(F)c2)CCCC1. The van der Waals surface area contributed by atoms with Crippen LogP contribution in [0, 0.1) is 11.6 Å². The first kappa shape index (κ1) is 17.2. The van der Waals surface area contributed by atoms with Gasteiger partial charge in [-0.2, -0.15) is 0 Å². The highest BCUT2D eigenvalue weighted by atomic mass is 19.1. The lowest BCUT2D eigenvalue weighted by Crippen LogP contribution is -2.45. The average molecular weight is 355 g/mol. The van der Waals surface area contributed by atoms with Crippen LogP contribution in [0.3, 0.4) is 0 Å². The minimum atomic E-state index is -0.624. The molecule has 26 heavy (non-hydrogen) atoms. The molecule has 0 unspecified atom stereocenters. The van der Waals surface area contributed by atoms with Crippen LogP contribution in [-0.4, -0.2) is 12.5 Å². The Bertz CT molecular complexity index is 805. The number of hydrogen-bond donors (Lipinski definition) is 1. The van der Waals surface area contributed by atoms with Crippen LogP contribution in [0.4, 0.5) is 8.78 Å². The second-order valence-corrected chi connectivity index (χ2v) is 7.77. The zero-order chi connectivity index (χ0) is 18.2. The molecule has 0 aliphatic heterocycles. The molecular weight excluding hydrogens is 332 g/mol. The van der Waals surface area contributed by atoms with Crippen LogP contribution in [-0.2, 0) is 15.6 Å². The van der Waals surface area contributed by atoms with Crippen molar-refractivity contribution in [1.82, 2.24) is 5.32 Å². The van der Waals surface area contributed by atoms with Crippen LogP contribution in [0.15, 0.2) is 48.5 Å². The van der Waals surface area contributed by atoms with Crippen LogP contribution in [0.5, 0.6) is 0 Å². The summed E-state index contributed by atoms with van der Waals surface area (Å²) in [6.07, 6.45) is 5.45. The van der Waals surface area contributed by atoms with Crippen molar-refractivity contribution in [2.75, 3.05) is 6.54 Å². The Morgan fingerprint density at radius 3 is 2.19 bits per heavy atom. The topological polar surface area (TPSA) is 29.1 Å². The number of amides is 1. The van der Waals surface area contributed by atoms with Crippen molar-refractivity contribution in [3.63, 3.8) is 0 Å². The van der Waals surface area contributed by atoms with Gasteiger partial charge in [-0.3, -0.25) is 4.79 Å². The molecule has 2 fully saturated rings. The predicted molar refractivity (Wildman–Crippen MR) is 96.9 cm³/mol. The fourth-order valence-corrected chi connectivity index (χ4v) is 4.35. The number of carbonyl (C=O) groups excluding carboxylic acids is 1. The van der Waals surface area contributed by atoms with Crippen molar-refractivity contribution in [1.29, 1.82) is 0 Å². The number of hydrogen-bond acceptors (Lipinski definition) is 1. The lowest BCUT2D eigenvalue weighted by atomic mass is 9.77. The van der Waals surface area contributed by atoms with E-state index in [-0.39, 0.29) is 23.0 Å². The number of rotatable bonds is 5. The third kappa shape index (κ3) is 3.02. The van der Waals surface area contributed by atoms with Crippen molar-refractivity contribution in [3.05, 3.63) is 71.3 Å². The summed E-state index contributed by atoms with van der Waals surface area (Å²) >= 11 is 0.